The quantitative estimate of drug-likeness (QED) is 0.658. The molecule has 1 atom stereocenters. The number of thiophene rings is 1. The molecule has 8 nitrogen and oxygen atoms in total. The van der Waals surface area contributed by atoms with Gasteiger partial charge in [-0.15, -0.1) is 11.3 Å². The first-order valence-corrected chi connectivity index (χ1v) is 11.1. The number of carbonyl (C=O) groups excluding carboxylic acids is 1. The van der Waals surface area contributed by atoms with Gasteiger partial charge in [-0.25, -0.2) is 8.42 Å². The van der Waals surface area contributed by atoms with Crippen molar-refractivity contribution in [1.82, 2.24) is 19.8 Å². The van der Waals surface area contributed by atoms with Crippen LogP contribution in [-0.4, -0.2) is 41.4 Å². The van der Waals surface area contributed by atoms with Crippen molar-refractivity contribution in [3.8, 4) is 11.4 Å². The van der Waals surface area contributed by atoms with Gasteiger partial charge in [0, 0.05) is 12.1 Å². The summed E-state index contributed by atoms with van der Waals surface area (Å²) in [6, 6.07) is 11.9. The maximum absolute atomic E-state index is 12.8. The molecule has 2 aromatic heterocycles. The summed E-state index contributed by atoms with van der Waals surface area (Å²) in [5, 5.41) is 8.33. The van der Waals surface area contributed by atoms with E-state index in [2.05, 4.69) is 15.5 Å². The zero-order valence-corrected chi connectivity index (χ0v) is 16.4. The normalized spacial score (nSPS) is 17.6. The molecule has 4 rings (SSSR count). The SMILES string of the molecule is O=C(NCc1nc(-c2ccccc2)no1)C1CCCN1S(=O)(=O)c1cccs1. The molecule has 1 fully saturated rings. The van der Waals surface area contributed by atoms with Gasteiger partial charge in [0.1, 0.15) is 10.3 Å². The Morgan fingerprint density at radius 3 is 2.82 bits per heavy atom. The van der Waals surface area contributed by atoms with E-state index in [1.165, 1.54) is 4.31 Å². The molecule has 0 saturated carbocycles. The molecule has 1 unspecified atom stereocenters. The highest BCUT2D eigenvalue weighted by Crippen LogP contribution is 2.28. The average molecular weight is 419 g/mol. The van der Waals surface area contributed by atoms with Crippen molar-refractivity contribution in [2.45, 2.75) is 29.6 Å². The molecule has 0 aliphatic carbocycles. The molecule has 1 amide bonds. The van der Waals surface area contributed by atoms with Crippen LogP contribution in [0.15, 0.2) is 56.6 Å². The van der Waals surface area contributed by atoms with Crippen molar-refractivity contribution in [3.63, 3.8) is 0 Å². The number of hydrogen-bond acceptors (Lipinski definition) is 7. The number of hydrogen-bond donors (Lipinski definition) is 1. The molecule has 1 N–H and O–H groups in total. The first-order valence-electron chi connectivity index (χ1n) is 8.77. The first kappa shape index (κ1) is 18.8. The maximum atomic E-state index is 12.8. The topological polar surface area (TPSA) is 105 Å². The number of aromatic nitrogens is 2. The van der Waals surface area contributed by atoms with E-state index >= 15 is 0 Å². The lowest BCUT2D eigenvalue weighted by Crippen LogP contribution is -2.45. The Morgan fingerprint density at radius 2 is 2.07 bits per heavy atom. The average Bonchev–Trinajstić information content (AvgIpc) is 3.48. The standard InChI is InChI=1S/C18H18N4O4S2/c23-18(14-8-4-10-22(14)28(24,25)16-9-5-11-27-16)19-12-15-20-17(21-26-15)13-6-2-1-3-7-13/h1-3,5-7,9,11,14H,4,8,10,12H2,(H,19,23). The highest BCUT2D eigenvalue weighted by molar-refractivity contribution is 7.91. The fraction of sp³-hybridized carbons (Fsp3) is 0.278. The second kappa shape index (κ2) is 7.82. The Kier molecular flexibility index (Phi) is 5.25. The molecule has 0 spiro atoms. The molecule has 3 heterocycles. The number of nitrogens with one attached hydrogen (secondary N) is 1. The van der Waals surface area contributed by atoms with Crippen molar-refractivity contribution < 1.29 is 17.7 Å². The predicted octanol–water partition coefficient (Wildman–Crippen LogP) is 2.27. The van der Waals surface area contributed by atoms with Crippen LogP contribution in [0.25, 0.3) is 11.4 Å². The van der Waals surface area contributed by atoms with Crippen LogP contribution in [0.1, 0.15) is 18.7 Å². The summed E-state index contributed by atoms with van der Waals surface area (Å²) in [5.74, 6) is 0.336. The highest BCUT2D eigenvalue weighted by Gasteiger charge is 2.39. The molecule has 1 saturated heterocycles. The fourth-order valence-corrected chi connectivity index (χ4v) is 5.90. The molecule has 1 aliphatic rings. The number of amides is 1. The highest BCUT2D eigenvalue weighted by atomic mass is 32.2. The Balaban J connectivity index is 1.42. The van der Waals surface area contributed by atoms with Crippen LogP contribution in [-0.2, 0) is 21.4 Å². The van der Waals surface area contributed by atoms with E-state index in [-0.39, 0.29) is 22.6 Å². The van der Waals surface area contributed by atoms with Gasteiger partial charge in [0.15, 0.2) is 0 Å². The number of carbonyl (C=O) groups is 1. The van der Waals surface area contributed by atoms with E-state index in [1.807, 2.05) is 30.3 Å². The Hall–Kier alpha value is -2.56. The third-order valence-electron chi connectivity index (χ3n) is 4.48. The monoisotopic (exact) mass is 418 g/mol. The van der Waals surface area contributed by atoms with Crippen LogP contribution in [0.2, 0.25) is 0 Å². The van der Waals surface area contributed by atoms with Gasteiger partial charge in [0.05, 0.1) is 6.54 Å². The van der Waals surface area contributed by atoms with Gasteiger partial charge in [-0.3, -0.25) is 4.79 Å². The van der Waals surface area contributed by atoms with Gasteiger partial charge >= 0.3 is 0 Å². The summed E-state index contributed by atoms with van der Waals surface area (Å²) in [6.07, 6.45) is 1.12. The molecule has 146 valence electrons. The molecule has 28 heavy (non-hydrogen) atoms. The van der Waals surface area contributed by atoms with Crippen LogP contribution < -0.4 is 5.32 Å². The van der Waals surface area contributed by atoms with Crippen LogP contribution in [0.3, 0.4) is 0 Å². The van der Waals surface area contributed by atoms with Crippen molar-refractivity contribution in [1.29, 1.82) is 0 Å². The van der Waals surface area contributed by atoms with Gasteiger partial charge in [0.2, 0.25) is 17.6 Å². The van der Waals surface area contributed by atoms with E-state index in [0.29, 0.717) is 25.2 Å². The fourth-order valence-electron chi connectivity index (χ4n) is 3.13. The second-order valence-corrected chi connectivity index (χ2v) is 9.37. The number of nitrogens with zero attached hydrogens (tertiary/aromatic N) is 3. The number of rotatable bonds is 6. The second-order valence-electron chi connectivity index (χ2n) is 6.30. The third-order valence-corrected chi connectivity index (χ3v) is 7.76. The van der Waals surface area contributed by atoms with E-state index in [4.69, 9.17) is 4.52 Å². The van der Waals surface area contributed by atoms with E-state index in [1.54, 1.807) is 17.5 Å². The third kappa shape index (κ3) is 3.71. The summed E-state index contributed by atoms with van der Waals surface area (Å²) in [4.78, 5) is 16.9. The largest absolute Gasteiger partial charge is 0.346 e. The maximum Gasteiger partial charge on any atom is 0.253 e. The molecule has 3 aromatic rings. The van der Waals surface area contributed by atoms with Crippen molar-refractivity contribution >= 4 is 27.3 Å². The summed E-state index contributed by atoms with van der Waals surface area (Å²) in [7, 11) is -3.66. The summed E-state index contributed by atoms with van der Waals surface area (Å²) < 4.78 is 32.2. The molecule has 10 heteroatoms. The van der Waals surface area contributed by atoms with E-state index in [0.717, 1.165) is 16.9 Å². The van der Waals surface area contributed by atoms with Gasteiger partial charge < -0.3 is 9.84 Å². The summed E-state index contributed by atoms with van der Waals surface area (Å²) in [5.41, 5.74) is 0.813. The van der Waals surface area contributed by atoms with Gasteiger partial charge in [-0.05, 0) is 24.3 Å². The molecule has 1 aliphatic heterocycles. The van der Waals surface area contributed by atoms with Crippen molar-refractivity contribution in [3.05, 3.63) is 53.7 Å². The summed E-state index contributed by atoms with van der Waals surface area (Å²) in [6.45, 7) is 0.374. The van der Waals surface area contributed by atoms with Crippen molar-refractivity contribution in [2.24, 2.45) is 0 Å². The number of benzene rings is 1. The summed E-state index contributed by atoms with van der Waals surface area (Å²) >= 11 is 1.15. The zero-order chi connectivity index (χ0) is 19.6. The minimum atomic E-state index is -3.66. The van der Waals surface area contributed by atoms with E-state index in [9.17, 15) is 13.2 Å². The zero-order valence-electron chi connectivity index (χ0n) is 14.8. The van der Waals surface area contributed by atoms with Gasteiger partial charge in [0.25, 0.3) is 10.0 Å². The molecular formula is C18H18N4O4S2. The van der Waals surface area contributed by atoms with E-state index < -0.39 is 16.1 Å². The van der Waals surface area contributed by atoms with Crippen molar-refractivity contribution in [2.75, 3.05) is 6.54 Å². The van der Waals surface area contributed by atoms with Crippen LogP contribution in [0.5, 0.6) is 0 Å². The lowest BCUT2D eigenvalue weighted by atomic mass is 10.2. The molecule has 0 radical (unpaired) electrons. The smallest absolute Gasteiger partial charge is 0.253 e. The Bertz CT molecular complexity index is 1050. The molecule has 0 bridgehead atoms. The van der Waals surface area contributed by atoms with Crippen LogP contribution >= 0.6 is 11.3 Å². The predicted molar refractivity (Wildman–Crippen MR) is 103 cm³/mol. The number of sulfonamides is 1. The van der Waals surface area contributed by atoms with Crippen LogP contribution in [0.4, 0.5) is 0 Å². The van der Waals surface area contributed by atoms with Crippen LogP contribution in [0, 0.1) is 0 Å². The van der Waals surface area contributed by atoms with Gasteiger partial charge in [-0.2, -0.15) is 9.29 Å². The lowest BCUT2D eigenvalue weighted by molar-refractivity contribution is -0.124. The lowest BCUT2D eigenvalue weighted by Gasteiger charge is -2.22. The molecule has 1 aromatic carbocycles. The minimum Gasteiger partial charge on any atom is -0.346 e. The Morgan fingerprint density at radius 1 is 1.25 bits per heavy atom. The molecular weight excluding hydrogens is 400 g/mol. The Labute approximate surface area is 166 Å². The first-order chi connectivity index (χ1) is 13.6. The van der Waals surface area contributed by atoms with Gasteiger partial charge in [-0.1, -0.05) is 41.6 Å². The minimum absolute atomic E-state index is 0.0437.